The Morgan fingerprint density at radius 2 is 2.10 bits per heavy atom. The first-order valence-corrected chi connectivity index (χ1v) is 8.29. The highest BCUT2D eigenvalue weighted by Crippen LogP contribution is 2.29. The van der Waals surface area contributed by atoms with Gasteiger partial charge in [-0.15, -0.1) is 0 Å². The highest BCUT2D eigenvalue weighted by molar-refractivity contribution is 8.14. The normalized spacial score (nSPS) is 20.0. The molecule has 110 valence electrons. The van der Waals surface area contributed by atoms with Crippen molar-refractivity contribution < 1.29 is 4.74 Å². The van der Waals surface area contributed by atoms with Gasteiger partial charge in [0.05, 0.1) is 18.7 Å². The van der Waals surface area contributed by atoms with Crippen LogP contribution in [0.2, 0.25) is 0 Å². The van der Waals surface area contributed by atoms with Crippen molar-refractivity contribution in [3.8, 4) is 0 Å². The van der Waals surface area contributed by atoms with Crippen LogP contribution in [0, 0.1) is 5.92 Å². The van der Waals surface area contributed by atoms with Crippen LogP contribution in [0.4, 0.5) is 0 Å². The Bertz CT molecular complexity index is 433. The lowest BCUT2D eigenvalue weighted by Crippen LogP contribution is -2.40. The van der Waals surface area contributed by atoms with E-state index in [0.717, 1.165) is 24.1 Å². The molecule has 2 unspecified atom stereocenters. The van der Waals surface area contributed by atoms with Gasteiger partial charge >= 0.3 is 0 Å². The van der Waals surface area contributed by atoms with E-state index >= 15 is 0 Å². The molecule has 1 heterocycles. The van der Waals surface area contributed by atoms with E-state index in [1.165, 1.54) is 5.56 Å². The van der Waals surface area contributed by atoms with Crippen LogP contribution in [0.5, 0.6) is 0 Å². The molecule has 0 aromatic heterocycles. The van der Waals surface area contributed by atoms with Crippen molar-refractivity contribution in [2.24, 2.45) is 10.9 Å². The maximum absolute atomic E-state index is 5.55. The molecule has 0 bridgehead atoms. The number of benzene rings is 1. The van der Waals surface area contributed by atoms with Crippen molar-refractivity contribution in [2.75, 3.05) is 19.0 Å². The molecular formula is C16H24N2OS. The van der Waals surface area contributed by atoms with Gasteiger partial charge in [0.25, 0.3) is 0 Å². The zero-order valence-electron chi connectivity index (χ0n) is 12.5. The van der Waals surface area contributed by atoms with E-state index < -0.39 is 0 Å². The third kappa shape index (κ3) is 4.25. The second-order valence-corrected chi connectivity index (χ2v) is 6.33. The molecule has 3 nitrogen and oxygen atoms in total. The lowest BCUT2D eigenvalue weighted by molar-refractivity contribution is 0.115. The van der Waals surface area contributed by atoms with Crippen molar-refractivity contribution in [1.82, 2.24) is 5.32 Å². The van der Waals surface area contributed by atoms with E-state index in [9.17, 15) is 0 Å². The zero-order valence-corrected chi connectivity index (χ0v) is 13.3. The van der Waals surface area contributed by atoms with Gasteiger partial charge in [0.15, 0.2) is 5.17 Å². The van der Waals surface area contributed by atoms with Crippen LogP contribution in [0.15, 0.2) is 35.3 Å². The molecule has 4 heteroatoms. The lowest BCUT2D eigenvalue weighted by atomic mass is 10.1. The molecule has 2 atom stereocenters. The fraction of sp³-hybridized carbons (Fsp3) is 0.562. The highest BCUT2D eigenvalue weighted by atomic mass is 32.2. The number of ether oxygens (including phenoxy) is 1. The van der Waals surface area contributed by atoms with Gasteiger partial charge in [-0.2, -0.15) is 0 Å². The lowest BCUT2D eigenvalue weighted by Gasteiger charge is -2.22. The van der Waals surface area contributed by atoms with E-state index in [4.69, 9.17) is 9.73 Å². The summed E-state index contributed by atoms with van der Waals surface area (Å²) >= 11 is 1.81. The number of nitrogens with zero attached hydrogens (tertiary/aromatic N) is 1. The van der Waals surface area contributed by atoms with Gasteiger partial charge in [-0.05, 0) is 18.4 Å². The smallest absolute Gasteiger partial charge is 0.157 e. The maximum Gasteiger partial charge on any atom is 0.157 e. The molecular weight excluding hydrogens is 268 g/mol. The molecule has 0 saturated carbocycles. The van der Waals surface area contributed by atoms with Gasteiger partial charge in [-0.25, -0.2) is 0 Å². The van der Waals surface area contributed by atoms with Gasteiger partial charge in [-0.1, -0.05) is 55.9 Å². The predicted molar refractivity (Wildman–Crippen MR) is 87.3 cm³/mol. The third-order valence-corrected chi connectivity index (χ3v) is 4.43. The van der Waals surface area contributed by atoms with Crippen molar-refractivity contribution >= 4 is 16.9 Å². The number of rotatable bonds is 6. The van der Waals surface area contributed by atoms with Crippen LogP contribution in [-0.2, 0) is 4.74 Å². The number of nitrogens with one attached hydrogen (secondary N) is 1. The summed E-state index contributed by atoms with van der Waals surface area (Å²) in [5.74, 6) is 1.55. The van der Waals surface area contributed by atoms with Crippen LogP contribution in [0.3, 0.4) is 0 Å². The zero-order chi connectivity index (χ0) is 14.4. The van der Waals surface area contributed by atoms with Crippen molar-refractivity contribution in [1.29, 1.82) is 0 Å². The van der Waals surface area contributed by atoms with Gasteiger partial charge in [0.1, 0.15) is 0 Å². The van der Waals surface area contributed by atoms with Gasteiger partial charge in [0, 0.05) is 12.4 Å². The monoisotopic (exact) mass is 292 g/mol. The number of hydrogen-bond donors (Lipinski definition) is 1. The largest absolute Gasteiger partial charge is 0.380 e. The van der Waals surface area contributed by atoms with Crippen molar-refractivity contribution in [3.05, 3.63) is 35.9 Å². The maximum atomic E-state index is 5.55. The fourth-order valence-electron chi connectivity index (χ4n) is 2.10. The first-order valence-electron chi connectivity index (χ1n) is 7.30. The molecule has 1 aliphatic rings. The summed E-state index contributed by atoms with van der Waals surface area (Å²) in [6.07, 6.45) is 0. The molecule has 20 heavy (non-hydrogen) atoms. The number of amidine groups is 1. The minimum absolute atomic E-state index is 0.281. The summed E-state index contributed by atoms with van der Waals surface area (Å²) in [5.41, 5.74) is 1.29. The van der Waals surface area contributed by atoms with Crippen molar-refractivity contribution in [3.63, 3.8) is 0 Å². The van der Waals surface area contributed by atoms with Gasteiger partial charge in [0.2, 0.25) is 0 Å². The summed E-state index contributed by atoms with van der Waals surface area (Å²) in [4.78, 5) is 4.80. The van der Waals surface area contributed by atoms with Gasteiger partial charge in [-0.3, -0.25) is 4.99 Å². The van der Waals surface area contributed by atoms with E-state index in [1.54, 1.807) is 0 Å². The molecule has 1 N–H and O–H groups in total. The summed E-state index contributed by atoms with van der Waals surface area (Å²) in [5, 5.41) is 4.59. The number of thioether (sulfide) groups is 1. The van der Waals surface area contributed by atoms with Crippen LogP contribution in [0.25, 0.3) is 0 Å². The van der Waals surface area contributed by atoms with Crippen LogP contribution in [-0.4, -0.2) is 30.2 Å². The standard InChI is InChI=1S/C16H24N2OS/c1-4-19-10-14(12(2)3)17-16-18-15(11-20-16)13-8-6-5-7-9-13/h5-9,12,14-15H,4,10-11H2,1-3H3,(H,17,18). The Hall–Kier alpha value is -1.00. The molecule has 0 saturated heterocycles. The van der Waals surface area contributed by atoms with Crippen molar-refractivity contribution in [2.45, 2.75) is 32.9 Å². The highest BCUT2D eigenvalue weighted by Gasteiger charge is 2.23. The molecule has 1 aliphatic heterocycles. The SMILES string of the molecule is CCOCC(NC1=NC(c2ccccc2)CS1)C(C)C. The topological polar surface area (TPSA) is 33.6 Å². The average Bonchev–Trinajstić information content (AvgIpc) is 2.92. The van der Waals surface area contributed by atoms with Crippen LogP contribution in [0.1, 0.15) is 32.4 Å². The van der Waals surface area contributed by atoms with Crippen LogP contribution >= 0.6 is 11.8 Å². The second-order valence-electron chi connectivity index (χ2n) is 5.33. The number of hydrogen-bond acceptors (Lipinski definition) is 4. The first kappa shape index (κ1) is 15.4. The average molecular weight is 292 g/mol. The summed E-state index contributed by atoms with van der Waals surface area (Å²) < 4.78 is 5.55. The summed E-state index contributed by atoms with van der Waals surface area (Å²) in [6.45, 7) is 7.96. The Kier molecular flexibility index (Phi) is 5.92. The molecule has 1 aromatic rings. The van der Waals surface area contributed by atoms with Crippen LogP contribution < -0.4 is 5.32 Å². The van der Waals surface area contributed by atoms with Gasteiger partial charge < -0.3 is 10.1 Å². The Morgan fingerprint density at radius 1 is 1.35 bits per heavy atom. The second kappa shape index (κ2) is 7.70. The summed E-state index contributed by atoms with van der Waals surface area (Å²) in [7, 11) is 0. The number of aliphatic imine (C=N–C) groups is 1. The fourth-order valence-corrected chi connectivity index (χ4v) is 3.12. The predicted octanol–water partition coefficient (Wildman–Crippen LogP) is 3.48. The first-order chi connectivity index (χ1) is 9.70. The van der Waals surface area contributed by atoms with E-state index in [1.807, 2.05) is 24.8 Å². The minimum Gasteiger partial charge on any atom is -0.380 e. The Morgan fingerprint density at radius 3 is 2.75 bits per heavy atom. The molecule has 0 spiro atoms. The molecule has 0 amide bonds. The summed E-state index contributed by atoms with van der Waals surface area (Å²) in [6, 6.07) is 11.1. The Balaban J connectivity index is 1.96. The van der Waals surface area contributed by atoms with E-state index in [-0.39, 0.29) is 6.04 Å². The molecule has 0 fully saturated rings. The molecule has 2 rings (SSSR count). The third-order valence-electron chi connectivity index (χ3n) is 3.45. The van der Waals surface area contributed by atoms with E-state index in [2.05, 4.69) is 43.4 Å². The quantitative estimate of drug-likeness (QED) is 0.871. The van der Waals surface area contributed by atoms with E-state index in [0.29, 0.717) is 12.0 Å². The Labute approximate surface area is 126 Å². The minimum atomic E-state index is 0.281. The molecule has 1 aromatic carbocycles. The molecule has 0 radical (unpaired) electrons. The molecule has 0 aliphatic carbocycles.